The van der Waals surface area contributed by atoms with Crippen LogP contribution in [-0.4, -0.2) is 94.3 Å². The number of aryl methyl sites for hydroxylation is 1. The monoisotopic (exact) mass is 798 g/mol. The lowest BCUT2D eigenvalue weighted by Crippen LogP contribution is -2.61. The van der Waals surface area contributed by atoms with E-state index in [1.54, 1.807) is 27.0 Å². The molecule has 4 fully saturated rings. The van der Waals surface area contributed by atoms with Gasteiger partial charge in [0.05, 0.1) is 22.9 Å². The number of fused-ring (bicyclic) bond motifs is 1. The zero-order valence-electron chi connectivity index (χ0n) is 33.6. The molecule has 1 aromatic heterocycles. The molecule has 2 aromatic rings. The van der Waals surface area contributed by atoms with Gasteiger partial charge in [-0.05, 0) is 93.6 Å². The van der Waals surface area contributed by atoms with E-state index in [4.69, 9.17) is 9.47 Å². The van der Waals surface area contributed by atoms with Crippen LogP contribution >= 0.6 is 0 Å². The quantitative estimate of drug-likeness (QED) is 0.174. The largest absolute Gasteiger partial charge is 0.497 e. The summed E-state index contributed by atoms with van der Waals surface area (Å²) >= 11 is 0. The Kier molecular flexibility index (Phi) is 11.6. The van der Waals surface area contributed by atoms with Crippen molar-refractivity contribution < 1.29 is 42.2 Å². The second-order valence-electron chi connectivity index (χ2n) is 17.7. The van der Waals surface area contributed by atoms with Crippen LogP contribution < -0.4 is 20.1 Å². The molecule has 1 saturated heterocycles. The number of amides is 4. The first-order valence-corrected chi connectivity index (χ1v) is 21.5. The number of sulfonamides is 1. The second-order valence-corrected chi connectivity index (χ2v) is 19.9. The Morgan fingerprint density at radius 3 is 2.41 bits per heavy atom. The van der Waals surface area contributed by atoms with E-state index < -0.39 is 61.6 Å². The van der Waals surface area contributed by atoms with Gasteiger partial charge in [0.15, 0.2) is 0 Å². The molecule has 308 valence electrons. The van der Waals surface area contributed by atoms with Crippen LogP contribution in [0.25, 0.3) is 11.0 Å². The number of likely N-dealkylation sites (tertiary alicyclic amines) is 1. The third-order valence-corrected chi connectivity index (χ3v) is 14.6. The number of carbonyl (C=O) groups is 4. The van der Waals surface area contributed by atoms with Gasteiger partial charge < -0.3 is 30.1 Å². The van der Waals surface area contributed by atoms with E-state index in [0.29, 0.717) is 61.1 Å². The Balaban J connectivity index is 0.993. The molecule has 2 heterocycles. The van der Waals surface area contributed by atoms with Gasteiger partial charge in [0.2, 0.25) is 27.7 Å². The number of hydrogen-bond donors (Lipinski definition) is 4. The molecule has 3 aliphatic carbocycles. The van der Waals surface area contributed by atoms with Gasteiger partial charge in [-0.2, -0.15) is 0 Å². The molecule has 1 aromatic carbocycles. The van der Waals surface area contributed by atoms with E-state index in [9.17, 15) is 32.7 Å². The van der Waals surface area contributed by atoms with Crippen LogP contribution in [0.15, 0.2) is 18.2 Å². The number of rotatable bonds is 16. The fraction of sp³-hybridized carbons (Fsp3) is 0.700. The standard InChI is InChI=1S/C40H58N6O9S/c1-8-24-16-19-46(31(24)34(48)44-40(22-23(40)2)36(50)45-56(52,53)39(6)17-18-39)35(49)32(38(3,4)5)43-37(51)55-30-20-25(30)12-10-9-11-13-28-33(47)42-29-21-26(54-7)14-15-27(29)41-28/h14-15,21,23-25,30-32H,8-13,16-20,22H2,1-7H3,(H,42,47)(H,43,51)(H,44,48)(H,45,50)/t23-,24-,25-,30-,31+,32-,40-/m1/s1. The fourth-order valence-corrected chi connectivity index (χ4v) is 9.25. The average molecular weight is 799 g/mol. The Hall–Kier alpha value is -4.21. The first-order chi connectivity index (χ1) is 26.3. The summed E-state index contributed by atoms with van der Waals surface area (Å²) in [5, 5.41) is 16.1. The number of hydrogen-bond acceptors (Lipinski definition) is 11. The van der Waals surface area contributed by atoms with Gasteiger partial charge in [0.1, 0.15) is 35.2 Å². The molecule has 0 bridgehead atoms. The molecule has 16 heteroatoms. The maximum Gasteiger partial charge on any atom is 0.408 e. The molecular formula is C40H58N6O9S. The zero-order valence-corrected chi connectivity index (χ0v) is 34.5. The van der Waals surface area contributed by atoms with Crippen LogP contribution in [0.3, 0.4) is 0 Å². The van der Waals surface area contributed by atoms with Crippen LogP contribution in [0.5, 0.6) is 11.6 Å². The smallest absolute Gasteiger partial charge is 0.408 e. The highest BCUT2D eigenvalue weighted by molar-refractivity contribution is 7.91. The summed E-state index contributed by atoms with van der Waals surface area (Å²) in [5.74, 6) is -1.33. The molecule has 0 unspecified atom stereocenters. The van der Waals surface area contributed by atoms with Crippen LogP contribution in [0.2, 0.25) is 0 Å². The Morgan fingerprint density at radius 1 is 1.07 bits per heavy atom. The maximum atomic E-state index is 14.3. The molecule has 4 N–H and O–H groups in total. The van der Waals surface area contributed by atoms with Crippen LogP contribution in [0.4, 0.5) is 4.79 Å². The molecule has 15 nitrogen and oxygen atoms in total. The van der Waals surface area contributed by atoms with Crippen molar-refractivity contribution >= 4 is 44.9 Å². The number of benzene rings is 1. The van der Waals surface area contributed by atoms with Crippen molar-refractivity contribution in [2.24, 2.45) is 23.2 Å². The highest BCUT2D eigenvalue weighted by Crippen LogP contribution is 2.46. The van der Waals surface area contributed by atoms with Crippen molar-refractivity contribution in [3.05, 3.63) is 23.9 Å². The van der Waals surface area contributed by atoms with E-state index >= 15 is 0 Å². The normalized spacial score (nSPS) is 26.9. The molecule has 56 heavy (non-hydrogen) atoms. The van der Waals surface area contributed by atoms with Gasteiger partial charge in [-0.3, -0.25) is 19.1 Å². The van der Waals surface area contributed by atoms with Crippen molar-refractivity contribution in [1.82, 2.24) is 30.2 Å². The summed E-state index contributed by atoms with van der Waals surface area (Å²) in [7, 11) is -2.33. The van der Waals surface area contributed by atoms with E-state index in [2.05, 4.69) is 25.3 Å². The minimum Gasteiger partial charge on any atom is -0.497 e. The first-order valence-electron chi connectivity index (χ1n) is 20.0. The Morgan fingerprint density at radius 2 is 1.79 bits per heavy atom. The molecule has 0 spiro atoms. The van der Waals surface area contributed by atoms with E-state index in [0.717, 1.165) is 32.1 Å². The minimum absolute atomic E-state index is 0.0769. The molecule has 4 amide bonds. The lowest BCUT2D eigenvalue weighted by molar-refractivity contribution is -0.143. The van der Waals surface area contributed by atoms with Gasteiger partial charge in [-0.25, -0.2) is 23.2 Å². The predicted molar refractivity (Wildman–Crippen MR) is 208 cm³/mol. The predicted octanol–water partition coefficient (Wildman–Crippen LogP) is 4.50. The zero-order chi connectivity index (χ0) is 40.8. The summed E-state index contributed by atoms with van der Waals surface area (Å²) in [5.41, 5.74) is -0.276. The Bertz CT molecular complexity index is 1960. The third-order valence-electron chi connectivity index (χ3n) is 12.4. The maximum absolute atomic E-state index is 14.3. The second kappa shape index (κ2) is 15.6. The van der Waals surface area contributed by atoms with Crippen LogP contribution in [0, 0.1) is 23.2 Å². The van der Waals surface area contributed by atoms with Gasteiger partial charge in [0.25, 0.3) is 5.91 Å². The molecule has 4 aliphatic rings. The summed E-state index contributed by atoms with van der Waals surface area (Å²) in [6.07, 6.45) is 6.32. The SMILES string of the molecule is CC[C@@H]1CCN(C(=O)[C@@H](NC(=O)O[C@@H]2C[C@H]2CCCCCc2nc3ccc(OC)cc3nc2O)C(C)(C)C)[C@@H]1C(=O)N[C@]1(C(=O)NS(=O)(=O)C2(C)CC2)C[C@H]1C. The van der Waals surface area contributed by atoms with E-state index in [-0.39, 0.29) is 36.2 Å². The van der Waals surface area contributed by atoms with Gasteiger partial charge in [0, 0.05) is 12.6 Å². The van der Waals surface area contributed by atoms with Crippen molar-refractivity contribution in [2.75, 3.05) is 13.7 Å². The molecule has 6 rings (SSSR count). The lowest BCUT2D eigenvalue weighted by Gasteiger charge is -2.36. The van der Waals surface area contributed by atoms with Crippen molar-refractivity contribution in [3.8, 4) is 11.6 Å². The highest BCUT2D eigenvalue weighted by Gasteiger charge is 2.62. The molecule has 0 radical (unpaired) electrons. The lowest BCUT2D eigenvalue weighted by atomic mass is 9.85. The number of alkyl carbamates (subject to hydrolysis) is 1. The molecule has 1 aliphatic heterocycles. The topological polar surface area (TPSA) is 206 Å². The summed E-state index contributed by atoms with van der Waals surface area (Å²) in [4.78, 5) is 65.2. The van der Waals surface area contributed by atoms with Crippen molar-refractivity contribution in [3.63, 3.8) is 0 Å². The third kappa shape index (κ3) is 8.69. The van der Waals surface area contributed by atoms with Crippen LogP contribution in [-0.2, 0) is 35.6 Å². The number of methoxy groups -OCH3 is 1. The number of unbranched alkanes of at least 4 members (excludes halogenated alkanes) is 2. The Labute approximate surface area is 329 Å². The number of nitrogens with one attached hydrogen (secondary N) is 3. The molecular weight excluding hydrogens is 741 g/mol. The minimum atomic E-state index is -3.90. The number of aromatic hydroxyl groups is 1. The van der Waals surface area contributed by atoms with Crippen molar-refractivity contribution in [1.29, 1.82) is 0 Å². The number of nitrogens with zero attached hydrogens (tertiary/aromatic N) is 3. The van der Waals surface area contributed by atoms with Crippen LogP contribution in [0.1, 0.15) is 111 Å². The van der Waals surface area contributed by atoms with E-state index in [1.807, 2.05) is 39.8 Å². The number of ether oxygens (including phenoxy) is 2. The summed E-state index contributed by atoms with van der Waals surface area (Å²) in [6.45, 7) is 11.1. The summed E-state index contributed by atoms with van der Waals surface area (Å²) < 4.78 is 37.9. The van der Waals surface area contributed by atoms with Gasteiger partial charge >= 0.3 is 6.09 Å². The molecule has 7 atom stereocenters. The fourth-order valence-electron chi connectivity index (χ4n) is 7.94. The van der Waals surface area contributed by atoms with Gasteiger partial charge in [-0.1, -0.05) is 53.9 Å². The summed E-state index contributed by atoms with van der Waals surface area (Å²) in [6, 6.07) is 3.48. The molecule has 3 saturated carbocycles. The van der Waals surface area contributed by atoms with E-state index in [1.165, 1.54) is 4.90 Å². The highest BCUT2D eigenvalue weighted by atomic mass is 32.2. The van der Waals surface area contributed by atoms with Gasteiger partial charge in [-0.15, -0.1) is 0 Å². The average Bonchev–Trinajstić information content (AvgIpc) is 4.09. The van der Waals surface area contributed by atoms with Crippen molar-refractivity contribution in [2.45, 2.75) is 141 Å². The first kappa shape index (κ1) is 41.4. The number of aromatic nitrogens is 2. The number of carbonyl (C=O) groups excluding carboxylic acids is 4.